The topological polar surface area (TPSA) is 74.3 Å². The Bertz CT molecular complexity index is 954. The molecule has 2 heterocycles. The van der Waals surface area contributed by atoms with E-state index in [1.165, 1.54) is 11.8 Å². The molecule has 3 aromatic rings. The number of anilines is 1. The van der Waals surface area contributed by atoms with E-state index in [0.29, 0.717) is 25.4 Å². The van der Waals surface area contributed by atoms with Crippen LogP contribution in [0.1, 0.15) is 5.56 Å². The minimum Gasteiger partial charge on any atom is -0.360 e. The lowest BCUT2D eigenvalue weighted by molar-refractivity contribution is -0.120. The van der Waals surface area contributed by atoms with Gasteiger partial charge in [0.2, 0.25) is 11.8 Å². The first-order valence-electron chi connectivity index (χ1n) is 9.03. The van der Waals surface area contributed by atoms with Gasteiger partial charge in [0.1, 0.15) is 0 Å². The predicted molar refractivity (Wildman–Crippen MR) is 114 cm³/mol. The van der Waals surface area contributed by atoms with Gasteiger partial charge in [0, 0.05) is 25.3 Å². The SMILES string of the molecule is O=C(CSc1nc2ccccc2s1)NCc1ccc(N2CCNC(=O)C2)cc1. The highest BCUT2D eigenvalue weighted by molar-refractivity contribution is 8.01. The average molecular weight is 413 g/mol. The zero-order valence-corrected chi connectivity index (χ0v) is 16.8. The van der Waals surface area contributed by atoms with Gasteiger partial charge in [-0.15, -0.1) is 11.3 Å². The lowest BCUT2D eigenvalue weighted by Gasteiger charge is -2.28. The first-order chi connectivity index (χ1) is 13.7. The minimum atomic E-state index is -0.0129. The highest BCUT2D eigenvalue weighted by Crippen LogP contribution is 2.29. The van der Waals surface area contributed by atoms with Crippen LogP contribution in [0.15, 0.2) is 52.9 Å². The van der Waals surface area contributed by atoms with Crippen LogP contribution in [0, 0.1) is 0 Å². The molecule has 1 saturated heterocycles. The Balaban J connectivity index is 1.25. The van der Waals surface area contributed by atoms with E-state index in [-0.39, 0.29) is 11.8 Å². The maximum absolute atomic E-state index is 12.1. The Morgan fingerprint density at radius 2 is 2.04 bits per heavy atom. The van der Waals surface area contributed by atoms with Crippen molar-refractivity contribution in [3.8, 4) is 0 Å². The molecule has 0 aliphatic carbocycles. The molecule has 144 valence electrons. The van der Waals surface area contributed by atoms with Crippen LogP contribution in [-0.4, -0.2) is 42.2 Å². The normalized spacial score (nSPS) is 14.1. The van der Waals surface area contributed by atoms with E-state index in [9.17, 15) is 9.59 Å². The van der Waals surface area contributed by atoms with Gasteiger partial charge >= 0.3 is 0 Å². The van der Waals surface area contributed by atoms with Crippen LogP contribution >= 0.6 is 23.1 Å². The Kier molecular flexibility index (Phi) is 5.78. The van der Waals surface area contributed by atoms with Gasteiger partial charge in [0.05, 0.1) is 22.5 Å². The van der Waals surface area contributed by atoms with Crippen molar-refractivity contribution in [3.63, 3.8) is 0 Å². The van der Waals surface area contributed by atoms with Crippen molar-refractivity contribution in [1.82, 2.24) is 15.6 Å². The van der Waals surface area contributed by atoms with E-state index < -0.39 is 0 Å². The summed E-state index contributed by atoms with van der Waals surface area (Å²) < 4.78 is 2.04. The summed E-state index contributed by atoms with van der Waals surface area (Å²) in [6.07, 6.45) is 0. The van der Waals surface area contributed by atoms with Crippen LogP contribution in [0.5, 0.6) is 0 Å². The highest BCUT2D eigenvalue weighted by Gasteiger charge is 2.16. The monoisotopic (exact) mass is 412 g/mol. The largest absolute Gasteiger partial charge is 0.360 e. The number of amides is 2. The van der Waals surface area contributed by atoms with Gasteiger partial charge in [-0.2, -0.15) is 0 Å². The second-order valence-electron chi connectivity index (χ2n) is 6.45. The molecule has 1 fully saturated rings. The molecule has 0 saturated carbocycles. The Hall–Kier alpha value is -2.58. The molecular weight excluding hydrogens is 392 g/mol. The van der Waals surface area contributed by atoms with Gasteiger partial charge in [-0.1, -0.05) is 36.0 Å². The van der Waals surface area contributed by atoms with Crippen molar-refractivity contribution in [2.24, 2.45) is 0 Å². The first-order valence-corrected chi connectivity index (χ1v) is 10.8. The van der Waals surface area contributed by atoms with Gasteiger partial charge in [-0.25, -0.2) is 4.98 Å². The summed E-state index contributed by atoms with van der Waals surface area (Å²) in [5.41, 5.74) is 3.03. The van der Waals surface area contributed by atoms with Crippen LogP contribution in [0.3, 0.4) is 0 Å². The standard InChI is InChI=1S/C20H20N4O2S2/c25-18-12-24(10-9-21-18)15-7-5-14(6-8-15)11-22-19(26)13-27-20-23-16-3-1-2-4-17(16)28-20/h1-8H,9-13H2,(H,21,25)(H,22,26). The van der Waals surface area contributed by atoms with Crippen molar-refractivity contribution in [2.45, 2.75) is 10.9 Å². The van der Waals surface area contributed by atoms with Crippen LogP contribution in [0.4, 0.5) is 5.69 Å². The molecule has 0 spiro atoms. The molecule has 0 radical (unpaired) electrons. The summed E-state index contributed by atoms with van der Waals surface area (Å²) >= 11 is 3.07. The Morgan fingerprint density at radius 1 is 1.21 bits per heavy atom. The van der Waals surface area contributed by atoms with E-state index >= 15 is 0 Å². The van der Waals surface area contributed by atoms with Crippen LogP contribution in [0.2, 0.25) is 0 Å². The number of thioether (sulfide) groups is 1. The van der Waals surface area contributed by atoms with Gasteiger partial charge < -0.3 is 15.5 Å². The Morgan fingerprint density at radius 3 is 2.82 bits per heavy atom. The molecule has 1 aromatic heterocycles. The van der Waals surface area contributed by atoms with E-state index in [1.807, 2.05) is 48.5 Å². The number of benzene rings is 2. The fourth-order valence-electron chi connectivity index (χ4n) is 2.98. The number of piperazine rings is 1. The van der Waals surface area contributed by atoms with E-state index in [4.69, 9.17) is 0 Å². The van der Waals surface area contributed by atoms with E-state index in [0.717, 1.165) is 32.4 Å². The number of nitrogens with one attached hydrogen (secondary N) is 2. The zero-order valence-electron chi connectivity index (χ0n) is 15.2. The zero-order chi connectivity index (χ0) is 19.3. The summed E-state index contributed by atoms with van der Waals surface area (Å²) in [5, 5.41) is 5.77. The van der Waals surface area contributed by atoms with Crippen molar-refractivity contribution in [3.05, 3.63) is 54.1 Å². The fourth-order valence-corrected chi connectivity index (χ4v) is 4.87. The number of thiazole rings is 1. The summed E-state index contributed by atoms with van der Waals surface area (Å²) in [5.74, 6) is 0.384. The van der Waals surface area contributed by atoms with Crippen molar-refractivity contribution in [2.75, 3.05) is 30.3 Å². The lowest BCUT2D eigenvalue weighted by Crippen LogP contribution is -2.47. The fraction of sp³-hybridized carbons (Fsp3) is 0.250. The first kappa shape index (κ1) is 18.8. The predicted octanol–water partition coefficient (Wildman–Crippen LogP) is 2.64. The second kappa shape index (κ2) is 8.62. The molecule has 0 unspecified atom stereocenters. The van der Waals surface area contributed by atoms with Crippen LogP contribution in [-0.2, 0) is 16.1 Å². The van der Waals surface area contributed by atoms with Gasteiger partial charge in [0.25, 0.3) is 0 Å². The molecular formula is C20H20N4O2S2. The van der Waals surface area contributed by atoms with Crippen LogP contribution < -0.4 is 15.5 Å². The molecule has 6 nitrogen and oxygen atoms in total. The third-order valence-corrected chi connectivity index (χ3v) is 6.61. The van der Waals surface area contributed by atoms with Crippen molar-refractivity contribution in [1.29, 1.82) is 0 Å². The lowest BCUT2D eigenvalue weighted by atomic mass is 10.2. The van der Waals surface area contributed by atoms with Gasteiger partial charge in [-0.05, 0) is 29.8 Å². The maximum atomic E-state index is 12.1. The number of hydrogen-bond donors (Lipinski definition) is 2. The molecule has 4 rings (SSSR count). The Labute approximate surface area is 171 Å². The summed E-state index contributed by atoms with van der Waals surface area (Å²) in [6.45, 7) is 2.35. The van der Waals surface area contributed by atoms with Crippen LogP contribution in [0.25, 0.3) is 10.2 Å². The number of aromatic nitrogens is 1. The van der Waals surface area contributed by atoms with E-state index in [1.54, 1.807) is 11.3 Å². The second-order valence-corrected chi connectivity index (χ2v) is 8.70. The van der Waals surface area contributed by atoms with E-state index in [2.05, 4.69) is 20.5 Å². The summed E-state index contributed by atoms with van der Waals surface area (Å²) in [7, 11) is 0. The van der Waals surface area contributed by atoms with Gasteiger partial charge in [-0.3, -0.25) is 9.59 Å². The van der Waals surface area contributed by atoms with Crippen molar-refractivity contribution >= 4 is 50.8 Å². The maximum Gasteiger partial charge on any atom is 0.239 e. The highest BCUT2D eigenvalue weighted by atomic mass is 32.2. The average Bonchev–Trinajstić information content (AvgIpc) is 3.14. The third-order valence-electron chi connectivity index (χ3n) is 4.43. The molecule has 2 amide bonds. The molecule has 8 heteroatoms. The number of nitrogens with zero attached hydrogens (tertiary/aromatic N) is 2. The molecule has 28 heavy (non-hydrogen) atoms. The minimum absolute atomic E-state index is 0.0129. The number of carbonyl (C=O) groups excluding carboxylic acids is 2. The molecule has 0 bridgehead atoms. The van der Waals surface area contributed by atoms with Crippen molar-refractivity contribution < 1.29 is 9.59 Å². The molecule has 0 atom stereocenters. The molecule has 2 N–H and O–H groups in total. The molecule has 1 aliphatic heterocycles. The molecule has 1 aliphatic rings. The number of rotatable bonds is 6. The summed E-state index contributed by atoms with van der Waals surface area (Å²) in [6, 6.07) is 16.0. The van der Waals surface area contributed by atoms with Gasteiger partial charge in [0.15, 0.2) is 4.34 Å². The third kappa shape index (κ3) is 4.63. The summed E-state index contributed by atoms with van der Waals surface area (Å²) in [4.78, 5) is 30.2. The number of para-hydroxylation sites is 1. The number of hydrogen-bond acceptors (Lipinski definition) is 6. The number of fused-ring (bicyclic) bond motifs is 1. The molecule has 2 aromatic carbocycles. The number of carbonyl (C=O) groups is 2. The quantitative estimate of drug-likeness (QED) is 0.609. The smallest absolute Gasteiger partial charge is 0.239 e.